The molecule has 1 aliphatic rings. The average molecular weight is 342 g/mol. The van der Waals surface area contributed by atoms with Gasteiger partial charge in [-0.05, 0) is 24.5 Å². The monoisotopic (exact) mass is 342 g/mol. The van der Waals surface area contributed by atoms with Gasteiger partial charge in [0.15, 0.2) is 9.84 Å². The maximum atomic E-state index is 11.7. The lowest BCUT2D eigenvalue weighted by Gasteiger charge is -2.09. The summed E-state index contributed by atoms with van der Waals surface area (Å²) in [5.41, 5.74) is 4.66. The zero-order chi connectivity index (χ0) is 16.0. The number of carbonyl (C=O) groups is 2. The van der Waals surface area contributed by atoms with Gasteiger partial charge in [0.05, 0.1) is 17.3 Å². The highest BCUT2D eigenvalue weighted by molar-refractivity contribution is 8.00. The van der Waals surface area contributed by atoms with Gasteiger partial charge in [0.25, 0.3) is 0 Å². The van der Waals surface area contributed by atoms with Crippen LogP contribution in [-0.4, -0.2) is 37.5 Å². The molecule has 1 heterocycles. The van der Waals surface area contributed by atoms with E-state index in [9.17, 15) is 18.0 Å². The third kappa shape index (κ3) is 5.69. The quantitative estimate of drug-likeness (QED) is 0.608. The van der Waals surface area contributed by atoms with Crippen molar-refractivity contribution in [3.05, 3.63) is 30.3 Å². The second kappa shape index (κ2) is 7.64. The van der Waals surface area contributed by atoms with Crippen LogP contribution in [0.5, 0.6) is 0 Å². The molecule has 0 saturated carbocycles. The Balaban J connectivity index is 1.65. The van der Waals surface area contributed by atoms with Crippen LogP contribution in [0.3, 0.4) is 0 Å². The van der Waals surface area contributed by atoms with Gasteiger partial charge < -0.3 is 0 Å². The van der Waals surface area contributed by atoms with E-state index in [1.165, 1.54) is 11.8 Å². The highest BCUT2D eigenvalue weighted by atomic mass is 32.2. The maximum absolute atomic E-state index is 11.7. The molecule has 0 aromatic heterocycles. The lowest BCUT2D eigenvalue weighted by Crippen LogP contribution is -2.43. The van der Waals surface area contributed by atoms with Gasteiger partial charge in [0.1, 0.15) is 0 Å². The molecule has 1 aromatic rings. The molecule has 22 heavy (non-hydrogen) atoms. The van der Waals surface area contributed by atoms with Gasteiger partial charge in [-0.1, -0.05) is 18.2 Å². The first-order valence-corrected chi connectivity index (χ1v) is 9.71. The Labute approximate surface area is 133 Å². The largest absolute Gasteiger partial charge is 0.273 e. The Morgan fingerprint density at radius 2 is 1.82 bits per heavy atom. The summed E-state index contributed by atoms with van der Waals surface area (Å²) in [5.74, 6) is -0.423. The number of thioether (sulfide) groups is 1. The molecular weight excluding hydrogens is 324 g/mol. The number of sulfone groups is 1. The number of carbonyl (C=O) groups excluding carboxylic acids is 2. The van der Waals surface area contributed by atoms with E-state index >= 15 is 0 Å². The number of amides is 2. The van der Waals surface area contributed by atoms with E-state index in [2.05, 4.69) is 10.9 Å². The van der Waals surface area contributed by atoms with Crippen LogP contribution in [0.15, 0.2) is 35.2 Å². The summed E-state index contributed by atoms with van der Waals surface area (Å²) in [4.78, 5) is 24.3. The molecule has 6 nitrogen and oxygen atoms in total. The minimum Gasteiger partial charge on any atom is -0.273 e. The first-order chi connectivity index (χ1) is 10.4. The van der Waals surface area contributed by atoms with E-state index in [1.54, 1.807) is 0 Å². The van der Waals surface area contributed by atoms with E-state index in [0.717, 1.165) is 4.90 Å². The Morgan fingerprint density at radius 1 is 1.14 bits per heavy atom. The molecule has 0 bridgehead atoms. The summed E-state index contributed by atoms with van der Waals surface area (Å²) >= 11 is 1.37. The lowest BCUT2D eigenvalue weighted by atomic mass is 10.1. The van der Waals surface area contributed by atoms with Crippen molar-refractivity contribution >= 4 is 33.4 Å². The van der Waals surface area contributed by atoms with Crippen molar-refractivity contribution in [1.29, 1.82) is 0 Å². The zero-order valence-corrected chi connectivity index (χ0v) is 13.6. The van der Waals surface area contributed by atoms with Crippen molar-refractivity contribution in [1.82, 2.24) is 10.9 Å². The molecule has 2 amide bonds. The highest BCUT2D eigenvalue weighted by Crippen LogP contribution is 2.21. The molecule has 1 aliphatic heterocycles. The Kier molecular flexibility index (Phi) is 5.84. The van der Waals surface area contributed by atoms with E-state index in [4.69, 9.17) is 0 Å². The summed E-state index contributed by atoms with van der Waals surface area (Å²) < 4.78 is 22.6. The summed E-state index contributed by atoms with van der Waals surface area (Å²) in [6, 6.07) is 9.47. The number of benzene rings is 1. The Hall–Kier alpha value is -1.54. The van der Waals surface area contributed by atoms with Crippen molar-refractivity contribution < 1.29 is 18.0 Å². The predicted molar refractivity (Wildman–Crippen MR) is 84.8 cm³/mol. The molecule has 0 radical (unpaired) electrons. The summed E-state index contributed by atoms with van der Waals surface area (Å²) in [5, 5.41) is 0. The molecule has 0 unspecified atom stereocenters. The number of nitrogens with one attached hydrogen (secondary N) is 2. The van der Waals surface area contributed by atoms with Gasteiger partial charge in [-0.25, -0.2) is 8.42 Å². The van der Waals surface area contributed by atoms with E-state index in [0.29, 0.717) is 6.42 Å². The molecule has 0 aliphatic carbocycles. The van der Waals surface area contributed by atoms with Crippen LogP contribution in [0.1, 0.15) is 12.8 Å². The summed E-state index contributed by atoms with van der Waals surface area (Å²) in [7, 11) is -2.98. The minimum atomic E-state index is -2.98. The van der Waals surface area contributed by atoms with Crippen LogP contribution in [0, 0.1) is 5.92 Å². The number of rotatable bonds is 5. The lowest BCUT2D eigenvalue weighted by molar-refractivity contribution is -0.128. The highest BCUT2D eigenvalue weighted by Gasteiger charge is 2.29. The molecular formula is C14H18N2O4S2. The van der Waals surface area contributed by atoms with Crippen molar-refractivity contribution in [2.45, 2.75) is 17.7 Å². The van der Waals surface area contributed by atoms with Gasteiger partial charge in [-0.15, -0.1) is 11.8 Å². The molecule has 1 saturated heterocycles. The normalized spacial score (nSPS) is 19.5. The Bertz CT molecular complexity index is 632. The van der Waals surface area contributed by atoms with Gasteiger partial charge in [0.2, 0.25) is 11.8 Å². The van der Waals surface area contributed by atoms with Gasteiger partial charge >= 0.3 is 0 Å². The fourth-order valence-corrected chi connectivity index (χ4v) is 4.77. The van der Waals surface area contributed by atoms with Crippen LogP contribution in [-0.2, 0) is 19.4 Å². The number of hydrogen-bond donors (Lipinski definition) is 2. The molecule has 0 spiro atoms. The molecule has 1 atom stereocenters. The second-order valence-corrected chi connectivity index (χ2v) is 8.45. The van der Waals surface area contributed by atoms with Gasteiger partial charge in [0, 0.05) is 11.3 Å². The summed E-state index contributed by atoms with van der Waals surface area (Å²) in [6.07, 6.45) is 0.624. The van der Waals surface area contributed by atoms with Crippen LogP contribution >= 0.6 is 11.8 Å². The second-order valence-electron chi connectivity index (χ2n) is 5.17. The van der Waals surface area contributed by atoms with Crippen molar-refractivity contribution in [3.63, 3.8) is 0 Å². The van der Waals surface area contributed by atoms with Crippen molar-refractivity contribution in [2.24, 2.45) is 5.92 Å². The molecule has 8 heteroatoms. The van der Waals surface area contributed by atoms with E-state index in [-0.39, 0.29) is 41.4 Å². The Morgan fingerprint density at radius 3 is 2.45 bits per heavy atom. The summed E-state index contributed by atoms with van der Waals surface area (Å²) in [6.45, 7) is 0. The fourth-order valence-electron chi connectivity index (χ4n) is 2.19. The average Bonchev–Trinajstić information content (AvgIpc) is 2.83. The van der Waals surface area contributed by atoms with Crippen LogP contribution in [0.2, 0.25) is 0 Å². The van der Waals surface area contributed by atoms with Gasteiger partial charge in [-0.2, -0.15) is 0 Å². The van der Waals surface area contributed by atoms with Crippen molar-refractivity contribution in [3.8, 4) is 0 Å². The van der Waals surface area contributed by atoms with Crippen LogP contribution < -0.4 is 10.9 Å². The number of hydrogen-bond acceptors (Lipinski definition) is 5. The SMILES string of the molecule is O=C(CSc1ccccc1)NNC(=O)C[C@H]1CCS(=O)(=O)C1. The molecule has 2 N–H and O–H groups in total. The minimum absolute atomic E-state index is 0.0538. The van der Waals surface area contributed by atoms with Crippen LogP contribution in [0.25, 0.3) is 0 Å². The van der Waals surface area contributed by atoms with E-state index < -0.39 is 9.84 Å². The first kappa shape index (κ1) is 16.8. The van der Waals surface area contributed by atoms with Crippen LogP contribution in [0.4, 0.5) is 0 Å². The molecule has 120 valence electrons. The third-order valence-corrected chi connectivity index (χ3v) is 6.10. The maximum Gasteiger partial charge on any atom is 0.248 e. The zero-order valence-electron chi connectivity index (χ0n) is 11.9. The topological polar surface area (TPSA) is 92.3 Å². The molecule has 1 fully saturated rings. The standard InChI is InChI=1S/C14H18N2O4S2/c17-13(8-11-6-7-22(19,20)10-11)15-16-14(18)9-21-12-4-2-1-3-5-12/h1-5,11H,6-10H2,(H,15,17)(H,16,18)/t11-/m1/s1. The van der Waals surface area contributed by atoms with Crippen molar-refractivity contribution in [2.75, 3.05) is 17.3 Å². The van der Waals surface area contributed by atoms with E-state index in [1.807, 2.05) is 30.3 Å². The van der Waals surface area contributed by atoms with Gasteiger partial charge in [-0.3, -0.25) is 20.4 Å². The molecule has 1 aromatic carbocycles. The third-order valence-electron chi connectivity index (χ3n) is 3.26. The fraction of sp³-hybridized carbons (Fsp3) is 0.429. The predicted octanol–water partition coefficient (Wildman–Crippen LogP) is 0.751. The first-order valence-electron chi connectivity index (χ1n) is 6.90. The molecule has 2 rings (SSSR count). The number of hydrazine groups is 1. The smallest absolute Gasteiger partial charge is 0.248 e.